The molecule has 0 radical (unpaired) electrons. The number of aryl methyl sites for hydroxylation is 1. The lowest BCUT2D eigenvalue weighted by Gasteiger charge is -2.16. The first-order valence-corrected chi connectivity index (χ1v) is 9.51. The molecule has 0 aromatic heterocycles. The number of hydrogen-bond donors (Lipinski definition) is 0. The summed E-state index contributed by atoms with van der Waals surface area (Å²) in [7, 11) is 0. The summed E-state index contributed by atoms with van der Waals surface area (Å²) in [6.07, 6.45) is -3.65. The van der Waals surface area contributed by atoms with Crippen LogP contribution in [0.3, 0.4) is 0 Å². The highest BCUT2D eigenvalue weighted by atomic mass is 79.9. The molecule has 0 spiro atoms. The number of rotatable bonds is 4. The van der Waals surface area contributed by atoms with Crippen LogP contribution in [0.5, 0.6) is 0 Å². The highest BCUT2D eigenvalue weighted by molar-refractivity contribution is 9.09. The van der Waals surface area contributed by atoms with Gasteiger partial charge in [-0.3, -0.25) is 0 Å². The fourth-order valence-corrected chi connectivity index (χ4v) is 3.64. The van der Waals surface area contributed by atoms with Crippen LogP contribution in [0.15, 0.2) is 66.7 Å². The van der Waals surface area contributed by atoms with E-state index in [-0.39, 0.29) is 5.56 Å². The van der Waals surface area contributed by atoms with E-state index in [9.17, 15) is 13.2 Å². The lowest BCUT2D eigenvalue weighted by molar-refractivity contribution is -0.137. The Kier molecular flexibility index (Phi) is 5.73. The van der Waals surface area contributed by atoms with E-state index < -0.39 is 11.7 Å². The average Bonchev–Trinajstić information content (AvgIpc) is 2.62. The lowest BCUT2D eigenvalue weighted by Crippen LogP contribution is -2.07. The Morgan fingerprint density at radius 2 is 1.50 bits per heavy atom. The number of benzene rings is 3. The van der Waals surface area contributed by atoms with Gasteiger partial charge in [0.25, 0.3) is 0 Å². The minimum atomic E-state index is -4.45. The van der Waals surface area contributed by atoms with Gasteiger partial charge in [-0.05, 0) is 40.8 Å². The Morgan fingerprint density at radius 3 is 2.12 bits per heavy atom. The van der Waals surface area contributed by atoms with Crippen molar-refractivity contribution in [3.8, 4) is 22.3 Å². The van der Waals surface area contributed by atoms with E-state index in [2.05, 4.69) is 15.9 Å². The molecule has 3 rings (SSSR count). The van der Waals surface area contributed by atoms with Crippen LogP contribution in [0.4, 0.5) is 13.2 Å². The molecule has 0 saturated heterocycles. The summed E-state index contributed by atoms with van der Waals surface area (Å²) >= 11 is 9.69. The molecule has 3 aromatic rings. The molecular weight excluding hydrogens is 425 g/mol. The number of halogens is 5. The van der Waals surface area contributed by atoms with E-state index >= 15 is 0 Å². The Morgan fingerprint density at radius 1 is 0.808 bits per heavy atom. The molecule has 0 saturated carbocycles. The van der Waals surface area contributed by atoms with Crippen LogP contribution in [-0.4, -0.2) is 5.33 Å². The zero-order valence-corrected chi connectivity index (χ0v) is 16.0. The van der Waals surface area contributed by atoms with Crippen molar-refractivity contribution in [1.29, 1.82) is 0 Å². The molecular formula is C21H15BrClF3. The van der Waals surface area contributed by atoms with Crippen LogP contribution in [0.2, 0.25) is 5.02 Å². The van der Waals surface area contributed by atoms with Crippen molar-refractivity contribution < 1.29 is 13.2 Å². The summed E-state index contributed by atoms with van der Waals surface area (Å²) < 4.78 is 41.0. The van der Waals surface area contributed by atoms with Gasteiger partial charge < -0.3 is 0 Å². The maximum Gasteiger partial charge on any atom is 0.417 e. The summed E-state index contributed by atoms with van der Waals surface area (Å²) in [5, 5.41) is 1.25. The molecule has 0 heterocycles. The molecule has 0 unspecified atom stereocenters. The fraction of sp³-hybridized carbons (Fsp3) is 0.143. The highest BCUT2D eigenvalue weighted by Gasteiger charge is 2.34. The van der Waals surface area contributed by atoms with Crippen LogP contribution >= 0.6 is 27.5 Å². The van der Waals surface area contributed by atoms with Gasteiger partial charge in [-0.2, -0.15) is 13.2 Å². The van der Waals surface area contributed by atoms with Gasteiger partial charge >= 0.3 is 6.18 Å². The predicted molar refractivity (Wildman–Crippen MR) is 105 cm³/mol. The van der Waals surface area contributed by atoms with E-state index in [0.717, 1.165) is 17.3 Å². The van der Waals surface area contributed by atoms with Crippen molar-refractivity contribution in [3.63, 3.8) is 0 Å². The zero-order valence-electron chi connectivity index (χ0n) is 13.7. The molecule has 0 atom stereocenters. The SMILES string of the molecule is FC(F)(F)c1cc(-c2ccc(CCBr)cc2Cl)ccc1-c1ccccc1. The average molecular weight is 440 g/mol. The van der Waals surface area contributed by atoms with E-state index in [0.29, 0.717) is 21.7 Å². The Hall–Kier alpha value is -1.78. The highest BCUT2D eigenvalue weighted by Crippen LogP contribution is 2.40. The molecule has 0 aliphatic carbocycles. The number of alkyl halides is 4. The Bertz CT molecular complexity index is 905. The van der Waals surface area contributed by atoms with Crippen LogP contribution in [-0.2, 0) is 12.6 Å². The standard InChI is InChI=1S/C21H15BrClF3/c22-11-10-14-6-8-18(20(23)12-14)16-7-9-17(15-4-2-1-3-5-15)19(13-16)21(24,25)26/h1-9,12-13H,10-11H2. The third-order valence-corrected chi connectivity index (χ3v) is 4.85. The molecule has 0 bridgehead atoms. The molecule has 3 aromatic carbocycles. The maximum atomic E-state index is 13.7. The first-order chi connectivity index (χ1) is 12.4. The Balaban J connectivity index is 2.11. The van der Waals surface area contributed by atoms with Gasteiger partial charge in [0, 0.05) is 15.9 Å². The third-order valence-electron chi connectivity index (χ3n) is 4.14. The predicted octanol–water partition coefficient (Wildman–Crippen LogP) is 7.63. The van der Waals surface area contributed by atoms with Gasteiger partial charge in [-0.25, -0.2) is 0 Å². The molecule has 134 valence electrons. The molecule has 0 aliphatic heterocycles. The molecule has 0 fully saturated rings. The summed E-state index contributed by atoms with van der Waals surface area (Å²) in [5.74, 6) is 0. The summed E-state index contributed by atoms with van der Waals surface area (Å²) in [6, 6.07) is 18.4. The zero-order chi connectivity index (χ0) is 18.7. The minimum Gasteiger partial charge on any atom is -0.166 e. The lowest BCUT2D eigenvalue weighted by atomic mass is 9.94. The molecule has 0 nitrogen and oxygen atoms in total. The van der Waals surface area contributed by atoms with Crippen molar-refractivity contribution in [1.82, 2.24) is 0 Å². The van der Waals surface area contributed by atoms with E-state index in [4.69, 9.17) is 11.6 Å². The second-order valence-electron chi connectivity index (χ2n) is 5.88. The van der Waals surface area contributed by atoms with Crippen LogP contribution < -0.4 is 0 Å². The summed E-state index contributed by atoms with van der Waals surface area (Å²) in [6.45, 7) is 0. The summed E-state index contributed by atoms with van der Waals surface area (Å²) in [4.78, 5) is 0. The van der Waals surface area contributed by atoms with E-state index in [1.807, 2.05) is 6.07 Å². The summed E-state index contributed by atoms with van der Waals surface area (Å²) in [5.41, 5.74) is 2.11. The first kappa shape index (κ1) is 19.0. The monoisotopic (exact) mass is 438 g/mol. The van der Waals surface area contributed by atoms with Gasteiger partial charge in [-0.15, -0.1) is 0 Å². The first-order valence-electron chi connectivity index (χ1n) is 8.01. The van der Waals surface area contributed by atoms with Gasteiger partial charge in [0.1, 0.15) is 0 Å². The van der Waals surface area contributed by atoms with Crippen LogP contribution in [0.25, 0.3) is 22.3 Å². The van der Waals surface area contributed by atoms with E-state index in [1.165, 1.54) is 12.1 Å². The smallest absolute Gasteiger partial charge is 0.166 e. The number of hydrogen-bond acceptors (Lipinski definition) is 0. The van der Waals surface area contributed by atoms with Crippen LogP contribution in [0, 0.1) is 0 Å². The topological polar surface area (TPSA) is 0 Å². The molecule has 0 aliphatic rings. The molecule has 26 heavy (non-hydrogen) atoms. The Labute approximate surface area is 163 Å². The molecule has 0 amide bonds. The minimum absolute atomic E-state index is 0.161. The van der Waals surface area contributed by atoms with Crippen molar-refractivity contribution >= 4 is 27.5 Å². The molecule has 5 heteroatoms. The van der Waals surface area contributed by atoms with Crippen molar-refractivity contribution in [2.45, 2.75) is 12.6 Å². The normalized spacial score (nSPS) is 11.6. The quantitative estimate of drug-likeness (QED) is 0.367. The maximum absolute atomic E-state index is 13.7. The van der Waals surface area contributed by atoms with Crippen LogP contribution in [0.1, 0.15) is 11.1 Å². The van der Waals surface area contributed by atoms with Gasteiger partial charge in [0.2, 0.25) is 0 Å². The van der Waals surface area contributed by atoms with E-state index in [1.54, 1.807) is 48.5 Å². The van der Waals surface area contributed by atoms with Crippen molar-refractivity contribution in [2.24, 2.45) is 0 Å². The van der Waals surface area contributed by atoms with Gasteiger partial charge in [0.05, 0.1) is 5.56 Å². The van der Waals surface area contributed by atoms with Crippen molar-refractivity contribution in [2.75, 3.05) is 5.33 Å². The van der Waals surface area contributed by atoms with Crippen molar-refractivity contribution in [3.05, 3.63) is 82.9 Å². The fourth-order valence-electron chi connectivity index (χ4n) is 2.87. The second-order valence-corrected chi connectivity index (χ2v) is 7.08. The largest absolute Gasteiger partial charge is 0.417 e. The van der Waals surface area contributed by atoms with Gasteiger partial charge in [-0.1, -0.05) is 82.1 Å². The second kappa shape index (κ2) is 7.85. The van der Waals surface area contributed by atoms with Gasteiger partial charge in [0.15, 0.2) is 0 Å². The molecule has 0 N–H and O–H groups in total. The third kappa shape index (κ3) is 4.13.